The second kappa shape index (κ2) is 3.84. The van der Waals surface area contributed by atoms with E-state index in [9.17, 15) is 4.39 Å². The van der Waals surface area contributed by atoms with Crippen molar-refractivity contribution in [1.29, 1.82) is 0 Å². The molecule has 0 saturated heterocycles. The van der Waals surface area contributed by atoms with Gasteiger partial charge in [0.1, 0.15) is 17.3 Å². The molecule has 0 atom stereocenters. The van der Waals surface area contributed by atoms with Crippen LogP contribution in [0.4, 0.5) is 10.2 Å². The van der Waals surface area contributed by atoms with E-state index in [1.165, 1.54) is 6.07 Å². The van der Waals surface area contributed by atoms with Crippen LogP contribution in [0.15, 0.2) is 22.7 Å². The fourth-order valence-corrected chi connectivity index (χ4v) is 2.66. The number of aromatic nitrogens is 2. The summed E-state index contributed by atoms with van der Waals surface area (Å²) in [4.78, 5) is 0. The first-order chi connectivity index (χ1) is 8.16. The highest BCUT2D eigenvalue weighted by atomic mass is 79.9. The molecule has 0 amide bonds. The molecule has 0 saturated carbocycles. The smallest absolute Gasteiger partial charge is 0.149 e. The standard InChI is InChI=1S/C12H11BrFN3/c13-7-4-5-9(14)11(6-7)17-10-3-1-2-8(10)12(15)16-17/h4-6H,1-3H2,(H2,15,16). The summed E-state index contributed by atoms with van der Waals surface area (Å²) < 4.78 is 16.3. The van der Waals surface area contributed by atoms with E-state index in [0.29, 0.717) is 11.5 Å². The molecular weight excluding hydrogens is 285 g/mol. The normalized spacial score (nSPS) is 14.0. The van der Waals surface area contributed by atoms with Crippen molar-refractivity contribution in [3.05, 3.63) is 39.7 Å². The molecule has 5 heteroatoms. The molecule has 1 heterocycles. The zero-order valence-corrected chi connectivity index (χ0v) is 10.7. The van der Waals surface area contributed by atoms with Crippen LogP contribution in [0.5, 0.6) is 0 Å². The zero-order chi connectivity index (χ0) is 12.0. The Hall–Kier alpha value is -1.36. The van der Waals surface area contributed by atoms with Gasteiger partial charge in [-0.1, -0.05) is 15.9 Å². The predicted molar refractivity (Wildman–Crippen MR) is 67.7 cm³/mol. The Kier molecular flexibility index (Phi) is 2.43. The third-order valence-electron chi connectivity index (χ3n) is 3.10. The van der Waals surface area contributed by atoms with Crippen molar-refractivity contribution in [2.45, 2.75) is 19.3 Å². The predicted octanol–water partition coefficient (Wildman–Crippen LogP) is 2.84. The largest absolute Gasteiger partial charge is 0.382 e. The lowest BCUT2D eigenvalue weighted by Crippen LogP contribution is -2.04. The first-order valence-electron chi connectivity index (χ1n) is 5.48. The molecule has 88 valence electrons. The van der Waals surface area contributed by atoms with Gasteiger partial charge in [-0.05, 0) is 37.5 Å². The van der Waals surface area contributed by atoms with Gasteiger partial charge in [0, 0.05) is 15.7 Å². The molecular formula is C12H11BrFN3. The summed E-state index contributed by atoms with van der Waals surface area (Å²) in [5.74, 6) is 0.238. The van der Waals surface area contributed by atoms with Crippen molar-refractivity contribution < 1.29 is 4.39 Å². The minimum absolute atomic E-state index is 0.287. The van der Waals surface area contributed by atoms with Gasteiger partial charge in [0.2, 0.25) is 0 Å². The Morgan fingerprint density at radius 3 is 3.00 bits per heavy atom. The van der Waals surface area contributed by atoms with E-state index in [2.05, 4.69) is 21.0 Å². The van der Waals surface area contributed by atoms with Gasteiger partial charge < -0.3 is 5.73 Å². The molecule has 0 radical (unpaired) electrons. The lowest BCUT2D eigenvalue weighted by Gasteiger charge is -2.07. The number of anilines is 1. The highest BCUT2D eigenvalue weighted by Gasteiger charge is 2.22. The van der Waals surface area contributed by atoms with Crippen LogP contribution in [-0.4, -0.2) is 9.78 Å². The lowest BCUT2D eigenvalue weighted by molar-refractivity contribution is 0.606. The Bertz CT molecular complexity index is 592. The molecule has 0 unspecified atom stereocenters. The number of fused-ring (bicyclic) bond motifs is 1. The number of nitrogens with two attached hydrogens (primary N) is 1. The van der Waals surface area contributed by atoms with Crippen molar-refractivity contribution in [3.63, 3.8) is 0 Å². The maximum Gasteiger partial charge on any atom is 0.149 e. The minimum Gasteiger partial charge on any atom is -0.382 e. The SMILES string of the molecule is Nc1nn(-c2cc(Br)ccc2F)c2c1CCC2. The summed E-state index contributed by atoms with van der Waals surface area (Å²) in [6.07, 6.45) is 2.91. The molecule has 1 aromatic heterocycles. The molecule has 2 N–H and O–H groups in total. The monoisotopic (exact) mass is 295 g/mol. The fourth-order valence-electron chi connectivity index (χ4n) is 2.31. The van der Waals surface area contributed by atoms with E-state index in [0.717, 1.165) is 35.0 Å². The Balaban J connectivity index is 2.22. The van der Waals surface area contributed by atoms with Crippen LogP contribution < -0.4 is 5.73 Å². The molecule has 3 nitrogen and oxygen atoms in total. The third-order valence-corrected chi connectivity index (χ3v) is 3.59. The number of hydrogen-bond acceptors (Lipinski definition) is 2. The van der Waals surface area contributed by atoms with Crippen LogP contribution in [0.25, 0.3) is 5.69 Å². The van der Waals surface area contributed by atoms with Gasteiger partial charge in [-0.3, -0.25) is 0 Å². The van der Waals surface area contributed by atoms with Crippen molar-refractivity contribution in [2.24, 2.45) is 0 Å². The van der Waals surface area contributed by atoms with Crippen LogP contribution >= 0.6 is 15.9 Å². The molecule has 17 heavy (non-hydrogen) atoms. The van der Waals surface area contributed by atoms with Gasteiger partial charge >= 0.3 is 0 Å². The average molecular weight is 296 g/mol. The van der Waals surface area contributed by atoms with Crippen LogP contribution in [0, 0.1) is 5.82 Å². The van der Waals surface area contributed by atoms with Crippen molar-refractivity contribution in [2.75, 3.05) is 5.73 Å². The van der Waals surface area contributed by atoms with Gasteiger partial charge in [0.05, 0.1) is 0 Å². The van der Waals surface area contributed by atoms with Gasteiger partial charge in [0.25, 0.3) is 0 Å². The summed E-state index contributed by atoms with van der Waals surface area (Å²) >= 11 is 3.34. The summed E-state index contributed by atoms with van der Waals surface area (Å²) in [5, 5.41) is 4.24. The third kappa shape index (κ3) is 1.65. The van der Waals surface area contributed by atoms with Crippen LogP contribution in [0.2, 0.25) is 0 Å². The van der Waals surface area contributed by atoms with Gasteiger partial charge in [0.15, 0.2) is 0 Å². The first-order valence-corrected chi connectivity index (χ1v) is 6.28. The quantitative estimate of drug-likeness (QED) is 0.879. The van der Waals surface area contributed by atoms with E-state index in [1.54, 1.807) is 16.8 Å². The molecule has 2 aromatic rings. The number of nitrogens with zero attached hydrogens (tertiary/aromatic N) is 2. The summed E-state index contributed by atoms with van der Waals surface area (Å²) in [6, 6.07) is 4.82. The maximum absolute atomic E-state index is 13.8. The second-order valence-electron chi connectivity index (χ2n) is 4.17. The van der Waals surface area contributed by atoms with Crippen LogP contribution in [-0.2, 0) is 12.8 Å². The number of halogens is 2. The molecule has 0 bridgehead atoms. The van der Waals surface area contributed by atoms with E-state index in [1.807, 2.05) is 0 Å². The maximum atomic E-state index is 13.8. The summed E-state index contributed by atoms with van der Waals surface area (Å²) in [6.45, 7) is 0. The lowest BCUT2D eigenvalue weighted by atomic mass is 10.2. The first kappa shape index (κ1) is 10.8. The number of hydrogen-bond donors (Lipinski definition) is 1. The van der Waals surface area contributed by atoms with Crippen LogP contribution in [0.1, 0.15) is 17.7 Å². The average Bonchev–Trinajstić information content (AvgIpc) is 2.87. The topological polar surface area (TPSA) is 43.8 Å². The molecule has 3 rings (SSSR count). The van der Waals surface area contributed by atoms with Crippen molar-refractivity contribution in [3.8, 4) is 5.69 Å². The molecule has 0 fully saturated rings. The number of benzene rings is 1. The van der Waals surface area contributed by atoms with E-state index < -0.39 is 0 Å². The second-order valence-corrected chi connectivity index (χ2v) is 5.09. The summed E-state index contributed by atoms with van der Waals surface area (Å²) in [7, 11) is 0. The highest BCUT2D eigenvalue weighted by Crippen LogP contribution is 2.30. The fraction of sp³-hybridized carbons (Fsp3) is 0.250. The highest BCUT2D eigenvalue weighted by molar-refractivity contribution is 9.10. The Labute approximate surface area is 107 Å². The molecule has 1 aromatic carbocycles. The van der Waals surface area contributed by atoms with Gasteiger partial charge in [-0.25, -0.2) is 9.07 Å². The zero-order valence-electron chi connectivity index (χ0n) is 9.08. The van der Waals surface area contributed by atoms with Crippen molar-refractivity contribution >= 4 is 21.7 Å². The minimum atomic E-state index is -0.287. The summed E-state index contributed by atoms with van der Waals surface area (Å²) in [5.41, 5.74) is 8.42. The van der Waals surface area contributed by atoms with E-state index >= 15 is 0 Å². The molecule has 0 aliphatic heterocycles. The number of nitrogen functional groups attached to an aromatic ring is 1. The Morgan fingerprint density at radius 1 is 1.35 bits per heavy atom. The number of rotatable bonds is 1. The van der Waals surface area contributed by atoms with Crippen LogP contribution in [0.3, 0.4) is 0 Å². The van der Waals surface area contributed by atoms with E-state index in [-0.39, 0.29) is 5.82 Å². The molecule has 1 aliphatic rings. The molecule has 0 spiro atoms. The van der Waals surface area contributed by atoms with Gasteiger partial charge in [-0.15, -0.1) is 0 Å². The van der Waals surface area contributed by atoms with Gasteiger partial charge in [-0.2, -0.15) is 5.10 Å². The van der Waals surface area contributed by atoms with E-state index in [4.69, 9.17) is 5.73 Å². The van der Waals surface area contributed by atoms with Crippen molar-refractivity contribution in [1.82, 2.24) is 9.78 Å². The Morgan fingerprint density at radius 2 is 2.18 bits per heavy atom. The molecule has 1 aliphatic carbocycles.